The minimum absolute atomic E-state index is 0. The molecule has 2 aliphatic rings. The summed E-state index contributed by atoms with van der Waals surface area (Å²) in [6.45, 7) is 6.27. The molecule has 1 aromatic carbocycles. The van der Waals surface area contributed by atoms with Crippen LogP contribution in [0, 0.1) is 12.8 Å². The summed E-state index contributed by atoms with van der Waals surface area (Å²) in [5.74, 6) is 0.357. The van der Waals surface area contributed by atoms with Crippen LogP contribution in [0.1, 0.15) is 54.9 Å². The van der Waals surface area contributed by atoms with Crippen molar-refractivity contribution in [2.24, 2.45) is 11.7 Å². The molecule has 158 valence electrons. The molecule has 0 aromatic heterocycles. The van der Waals surface area contributed by atoms with Gasteiger partial charge in [-0.05, 0) is 63.1 Å². The van der Waals surface area contributed by atoms with Crippen molar-refractivity contribution in [3.63, 3.8) is 0 Å². The Bertz CT molecular complexity index is 784. The number of halogens is 1. The van der Waals surface area contributed by atoms with Crippen molar-refractivity contribution in [1.82, 2.24) is 9.21 Å². The molecule has 2 fully saturated rings. The minimum Gasteiger partial charge on any atom is -0.339 e. The van der Waals surface area contributed by atoms with E-state index < -0.39 is 10.0 Å². The van der Waals surface area contributed by atoms with E-state index in [4.69, 9.17) is 5.73 Å². The zero-order valence-corrected chi connectivity index (χ0v) is 18.4. The molecule has 6 nitrogen and oxygen atoms in total. The SMILES string of the molecule is Cc1ccc(C(=O)N2CCC(C(C)N)CC2)cc1S(=O)(=O)N1CCCCC1.Cl. The normalized spacial score (nSPS) is 20.5. The number of hydrogen-bond acceptors (Lipinski definition) is 4. The number of benzene rings is 1. The highest BCUT2D eigenvalue weighted by Crippen LogP contribution is 2.26. The summed E-state index contributed by atoms with van der Waals surface area (Å²) in [6.07, 6.45) is 4.65. The fraction of sp³-hybridized carbons (Fsp3) is 0.650. The first kappa shape index (κ1) is 23.1. The quantitative estimate of drug-likeness (QED) is 0.797. The first-order valence-electron chi connectivity index (χ1n) is 9.96. The standard InChI is InChI=1S/C20H31N3O3S.ClH/c1-15-6-7-18(20(24)22-12-8-17(9-13-22)16(2)21)14-19(15)27(25,26)23-10-4-3-5-11-23;/h6-7,14,16-17H,3-5,8-13,21H2,1-2H3;1H. The number of amides is 1. The zero-order valence-electron chi connectivity index (χ0n) is 16.8. The summed E-state index contributed by atoms with van der Waals surface area (Å²) in [5, 5.41) is 0. The summed E-state index contributed by atoms with van der Waals surface area (Å²) in [6, 6.07) is 5.20. The number of sulfonamides is 1. The lowest BCUT2D eigenvalue weighted by atomic mass is 9.90. The van der Waals surface area contributed by atoms with Crippen molar-refractivity contribution in [1.29, 1.82) is 0 Å². The van der Waals surface area contributed by atoms with Gasteiger partial charge in [0, 0.05) is 37.8 Å². The molecule has 8 heteroatoms. The smallest absolute Gasteiger partial charge is 0.253 e. The highest BCUT2D eigenvalue weighted by Gasteiger charge is 2.30. The molecule has 1 amide bonds. The van der Waals surface area contributed by atoms with Crippen LogP contribution >= 0.6 is 12.4 Å². The van der Waals surface area contributed by atoms with E-state index in [1.54, 1.807) is 29.4 Å². The third kappa shape index (κ3) is 4.87. The number of nitrogens with two attached hydrogens (primary N) is 1. The maximum atomic E-state index is 13.1. The van der Waals surface area contributed by atoms with Crippen molar-refractivity contribution < 1.29 is 13.2 Å². The fourth-order valence-corrected chi connectivity index (χ4v) is 5.83. The Morgan fingerprint density at radius 2 is 1.71 bits per heavy atom. The molecule has 1 atom stereocenters. The van der Waals surface area contributed by atoms with Gasteiger partial charge in [0.25, 0.3) is 5.91 Å². The molecular weight excluding hydrogens is 398 g/mol. The summed E-state index contributed by atoms with van der Waals surface area (Å²) in [7, 11) is -3.55. The van der Waals surface area contributed by atoms with Gasteiger partial charge in [-0.1, -0.05) is 12.5 Å². The molecule has 1 unspecified atom stereocenters. The predicted octanol–water partition coefficient (Wildman–Crippen LogP) is 2.79. The van der Waals surface area contributed by atoms with Crippen LogP contribution in [0.25, 0.3) is 0 Å². The molecule has 1 aromatic rings. The molecule has 0 spiro atoms. The second-order valence-corrected chi connectivity index (χ2v) is 9.84. The largest absolute Gasteiger partial charge is 0.339 e. The van der Waals surface area contributed by atoms with Crippen LogP contribution < -0.4 is 5.73 Å². The van der Waals surface area contributed by atoms with E-state index in [0.717, 1.165) is 32.1 Å². The predicted molar refractivity (Wildman–Crippen MR) is 113 cm³/mol. The van der Waals surface area contributed by atoms with Gasteiger partial charge in [-0.3, -0.25) is 4.79 Å². The Morgan fingerprint density at radius 3 is 2.29 bits per heavy atom. The molecule has 28 heavy (non-hydrogen) atoms. The zero-order chi connectivity index (χ0) is 19.6. The number of likely N-dealkylation sites (tertiary alicyclic amines) is 1. The van der Waals surface area contributed by atoms with Crippen LogP contribution in [0.5, 0.6) is 0 Å². The number of piperidine rings is 2. The van der Waals surface area contributed by atoms with E-state index in [0.29, 0.717) is 43.2 Å². The molecule has 3 rings (SSSR count). The Labute approximate surface area is 174 Å². The van der Waals surface area contributed by atoms with Crippen molar-refractivity contribution in [3.05, 3.63) is 29.3 Å². The van der Waals surface area contributed by atoms with Gasteiger partial charge in [-0.25, -0.2) is 8.42 Å². The Morgan fingerprint density at radius 1 is 1.11 bits per heavy atom. The maximum Gasteiger partial charge on any atom is 0.253 e. The third-order valence-corrected chi connectivity index (χ3v) is 7.98. The van der Waals surface area contributed by atoms with Gasteiger partial charge in [0.1, 0.15) is 0 Å². The van der Waals surface area contributed by atoms with Gasteiger partial charge in [0.05, 0.1) is 4.90 Å². The molecular formula is C20H32ClN3O3S. The van der Waals surface area contributed by atoms with Crippen molar-refractivity contribution in [2.75, 3.05) is 26.2 Å². The first-order chi connectivity index (χ1) is 12.8. The lowest BCUT2D eigenvalue weighted by Crippen LogP contribution is -2.42. The molecule has 2 heterocycles. The average molecular weight is 430 g/mol. The van der Waals surface area contributed by atoms with Crippen LogP contribution in [-0.4, -0.2) is 55.8 Å². The molecule has 2 aliphatic heterocycles. The number of nitrogens with zero attached hydrogens (tertiary/aromatic N) is 2. The lowest BCUT2D eigenvalue weighted by molar-refractivity contribution is 0.0680. The third-order valence-electron chi connectivity index (χ3n) is 5.94. The highest BCUT2D eigenvalue weighted by atomic mass is 35.5. The van der Waals surface area contributed by atoms with E-state index in [1.165, 1.54) is 0 Å². The van der Waals surface area contributed by atoms with Crippen LogP contribution in [0.4, 0.5) is 0 Å². The molecule has 0 bridgehead atoms. The topological polar surface area (TPSA) is 83.7 Å². The van der Waals surface area contributed by atoms with Crippen LogP contribution in [0.3, 0.4) is 0 Å². The Balaban J connectivity index is 0.00000280. The molecule has 0 saturated carbocycles. The number of hydrogen-bond donors (Lipinski definition) is 1. The van der Waals surface area contributed by atoms with Gasteiger partial charge in [-0.2, -0.15) is 4.31 Å². The number of rotatable bonds is 4. The monoisotopic (exact) mass is 429 g/mol. The summed E-state index contributed by atoms with van der Waals surface area (Å²) >= 11 is 0. The summed E-state index contributed by atoms with van der Waals surface area (Å²) < 4.78 is 27.7. The lowest BCUT2D eigenvalue weighted by Gasteiger charge is -2.34. The van der Waals surface area contributed by atoms with E-state index in [1.807, 2.05) is 11.8 Å². The van der Waals surface area contributed by atoms with E-state index in [2.05, 4.69) is 0 Å². The van der Waals surface area contributed by atoms with E-state index in [9.17, 15) is 13.2 Å². The van der Waals surface area contributed by atoms with Gasteiger partial charge in [0.15, 0.2) is 0 Å². The summed E-state index contributed by atoms with van der Waals surface area (Å²) in [4.78, 5) is 15.0. The second kappa shape index (κ2) is 9.57. The van der Waals surface area contributed by atoms with Gasteiger partial charge < -0.3 is 10.6 Å². The molecule has 0 aliphatic carbocycles. The molecule has 0 radical (unpaired) electrons. The van der Waals surface area contributed by atoms with Crippen molar-refractivity contribution in [3.8, 4) is 0 Å². The van der Waals surface area contributed by atoms with Crippen LogP contribution in [0.15, 0.2) is 23.1 Å². The average Bonchev–Trinajstić information content (AvgIpc) is 2.68. The van der Waals surface area contributed by atoms with Crippen molar-refractivity contribution >= 4 is 28.3 Å². The fourth-order valence-electron chi connectivity index (χ4n) is 4.07. The number of aryl methyl sites for hydroxylation is 1. The van der Waals surface area contributed by atoms with Crippen LogP contribution in [-0.2, 0) is 10.0 Å². The van der Waals surface area contributed by atoms with E-state index >= 15 is 0 Å². The number of carbonyl (C=O) groups is 1. The van der Waals surface area contributed by atoms with Gasteiger partial charge >= 0.3 is 0 Å². The first-order valence-corrected chi connectivity index (χ1v) is 11.4. The highest BCUT2D eigenvalue weighted by molar-refractivity contribution is 7.89. The van der Waals surface area contributed by atoms with Crippen molar-refractivity contribution in [2.45, 2.75) is 56.9 Å². The maximum absolute atomic E-state index is 13.1. The second-order valence-electron chi connectivity index (χ2n) is 7.93. The van der Waals surface area contributed by atoms with Gasteiger partial charge in [0.2, 0.25) is 10.0 Å². The molecule has 2 saturated heterocycles. The van der Waals surface area contributed by atoms with E-state index in [-0.39, 0.29) is 29.3 Å². The van der Waals surface area contributed by atoms with Crippen LogP contribution in [0.2, 0.25) is 0 Å². The number of carbonyl (C=O) groups excluding carboxylic acids is 1. The minimum atomic E-state index is -3.55. The Kier molecular flexibility index (Phi) is 7.90. The molecule has 2 N–H and O–H groups in total. The van der Waals surface area contributed by atoms with Gasteiger partial charge in [-0.15, -0.1) is 12.4 Å². The Hall–Kier alpha value is -1.15. The summed E-state index contributed by atoms with van der Waals surface area (Å²) in [5.41, 5.74) is 7.12.